The highest BCUT2D eigenvalue weighted by Gasteiger charge is 2.24. The quantitative estimate of drug-likeness (QED) is 0.563. The summed E-state index contributed by atoms with van der Waals surface area (Å²) in [5.41, 5.74) is 3.59. The molecular formula is C26H30ClN5O2. The number of piperazine rings is 1. The Morgan fingerprint density at radius 3 is 2.32 bits per heavy atom. The molecule has 2 aliphatic rings. The van der Waals surface area contributed by atoms with Gasteiger partial charge >= 0.3 is 0 Å². The predicted molar refractivity (Wildman–Crippen MR) is 133 cm³/mol. The van der Waals surface area contributed by atoms with Crippen LogP contribution in [0.2, 0.25) is 5.02 Å². The number of halogens is 1. The van der Waals surface area contributed by atoms with Crippen molar-refractivity contribution in [2.24, 2.45) is 7.05 Å². The van der Waals surface area contributed by atoms with Gasteiger partial charge in [0.05, 0.1) is 24.0 Å². The Morgan fingerprint density at radius 1 is 0.912 bits per heavy atom. The van der Waals surface area contributed by atoms with Gasteiger partial charge < -0.3 is 14.4 Å². The molecule has 34 heavy (non-hydrogen) atoms. The Bertz CT molecular complexity index is 1190. The predicted octanol–water partition coefficient (Wildman–Crippen LogP) is 3.35. The third kappa shape index (κ3) is 4.81. The van der Waals surface area contributed by atoms with E-state index in [1.807, 2.05) is 59.3 Å². The van der Waals surface area contributed by atoms with Crippen LogP contribution in [0.5, 0.6) is 0 Å². The molecule has 0 saturated carbocycles. The molecule has 3 aromatic rings. The highest BCUT2D eigenvalue weighted by molar-refractivity contribution is 6.30. The van der Waals surface area contributed by atoms with Crippen LogP contribution in [0.15, 0.2) is 42.5 Å². The number of carbonyl (C=O) groups is 2. The van der Waals surface area contributed by atoms with Crippen LogP contribution in [-0.2, 0) is 24.8 Å². The molecule has 0 spiro atoms. The molecule has 0 atom stereocenters. The van der Waals surface area contributed by atoms with Crippen LogP contribution in [0, 0.1) is 0 Å². The van der Waals surface area contributed by atoms with Crippen molar-refractivity contribution in [3.8, 4) is 0 Å². The van der Waals surface area contributed by atoms with Crippen LogP contribution in [0.1, 0.15) is 34.6 Å². The van der Waals surface area contributed by atoms with Crippen molar-refractivity contribution >= 4 is 34.4 Å². The number of benzene rings is 2. The minimum atomic E-state index is 0.103. The fourth-order valence-electron chi connectivity index (χ4n) is 4.87. The molecule has 0 N–H and O–H groups in total. The number of amides is 2. The van der Waals surface area contributed by atoms with E-state index in [0.717, 1.165) is 68.0 Å². The van der Waals surface area contributed by atoms with Crippen LogP contribution >= 0.6 is 11.6 Å². The van der Waals surface area contributed by atoms with Gasteiger partial charge in [0.25, 0.3) is 5.91 Å². The van der Waals surface area contributed by atoms with Gasteiger partial charge in [-0.05, 0) is 48.7 Å². The highest BCUT2D eigenvalue weighted by atomic mass is 35.5. The average Bonchev–Trinajstić information content (AvgIpc) is 3.49. The van der Waals surface area contributed by atoms with E-state index in [1.165, 1.54) is 0 Å². The van der Waals surface area contributed by atoms with E-state index in [1.54, 1.807) is 0 Å². The minimum Gasteiger partial charge on any atom is -0.340 e. The summed E-state index contributed by atoms with van der Waals surface area (Å²) in [6.07, 6.45) is 2.57. The number of carbonyl (C=O) groups excluding carboxylic acids is 2. The van der Waals surface area contributed by atoms with Crippen molar-refractivity contribution in [3.05, 3.63) is 64.4 Å². The largest absolute Gasteiger partial charge is 0.340 e. The molecule has 7 nitrogen and oxygen atoms in total. The van der Waals surface area contributed by atoms with E-state index in [4.69, 9.17) is 16.6 Å². The molecule has 0 radical (unpaired) electrons. The number of imidazole rings is 1. The van der Waals surface area contributed by atoms with Crippen LogP contribution in [-0.4, -0.2) is 75.3 Å². The minimum absolute atomic E-state index is 0.103. The topological polar surface area (TPSA) is 61.7 Å². The summed E-state index contributed by atoms with van der Waals surface area (Å²) < 4.78 is 2.11. The summed E-state index contributed by atoms with van der Waals surface area (Å²) in [7, 11) is 2.03. The van der Waals surface area contributed by atoms with E-state index in [0.29, 0.717) is 30.1 Å². The van der Waals surface area contributed by atoms with Gasteiger partial charge in [0.2, 0.25) is 5.91 Å². The lowest BCUT2D eigenvalue weighted by Gasteiger charge is -2.34. The molecule has 8 heteroatoms. The Balaban J connectivity index is 1.20. The zero-order valence-corrected chi connectivity index (χ0v) is 20.3. The van der Waals surface area contributed by atoms with Gasteiger partial charge in [-0.25, -0.2) is 4.98 Å². The zero-order valence-electron chi connectivity index (χ0n) is 19.5. The number of aryl methyl sites for hydroxylation is 1. The Hall–Kier alpha value is -2.90. The summed E-state index contributed by atoms with van der Waals surface area (Å²) in [6.45, 7) is 5.47. The average molecular weight is 480 g/mol. The van der Waals surface area contributed by atoms with Crippen LogP contribution < -0.4 is 0 Å². The standard InChI is InChI=1S/C26H30ClN5O2/c1-29-23-9-6-20(26(34)32-10-2-3-11-32)17-22(23)28-24(29)18-30-12-14-31(15-13-30)25(33)16-19-4-7-21(27)8-5-19/h4-9,17H,2-3,10-16,18H2,1H3. The first-order valence-electron chi connectivity index (χ1n) is 12.0. The molecule has 1 aromatic heterocycles. The summed E-state index contributed by atoms with van der Waals surface area (Å²) in [6, 6.07) is 13.3. The van der Waals surface area contributed by atoms with Crippen LogP contribution in [0.4, 0.5) is 0 Å². The van der Waals surface area contributed by atoms with Gasteiger partial charge in [-0.2, -0.15) is 0 Å². The first-order chi connectivity index (χ1) is 16.5. The second-order valence-electron chi connectivity index (χ2n) is 9.25. The number of rotatable bonds is 5. The third-order valence-corrected chi connectivity index (χ3v) is 7.22. The second kappa shape index (κ2) is 9.76. The molecule has 2 aromatic carbocycles. The molecule has 3 heterocycles. The lowest BCUT2D eigenvalue weighted by Crippen LogP contribution is -2.48. The van der Waals surface area contributed by atoms with Crippen molar-refractivity contribution in [2.75, 3.05) is 39.3 Å². The molecule has 5 rings (SSSR count). The SMILES string of the molecule is Cn1c(CN2CCN(C(=O)Cc3ccc(Cl)cc3)CC2)nc2cc(C(=O)N3CCCC3)ccc21. The van der Waals surface area contributed by atoms with Gasteiger partial charge in [-0.15, -0.1) is 0 Å². The molecule has 2 fully saturated rings. The monoisotopic (exact) mass is 479 g/mol. The maximum Gasteiger partial charge on any atom is 0.253 e. The van der Waals surface area contributed by atoms with Crippen molar-refractivity contribution in [1.82, 2.24) is 24.3 Å². The van der Waals surface area contributed by atoms with Crippen molar-refractivity contribution in [3.63, 3.8) is 0 Å². The van der Waals surface area contributed by atoms with E-state index in [9.17, 15) is 9.59 Å². The van der Waals surface area contributed by atoms with Crippen LogP contribution in [0.3, 0.4) is 0 Å². The highest BCUT2D eigenvalue weighted by Crippen LogP contribution is 2.21. The van der Waals surface area contributed by atoms with Crippen molar-refractivity contribution < 1.29 is 9.59 Å². The van der Waals surface area contributed by atoms with Gasteiger partial charge in [-0.1, -0.05) is 23.7 Å². The fourth-order valence-corrected chi connectivity index (χ4v) is 5.00. The van der Waals surface area contributed by atoms with Gasteiger partial charge in [0.1, 0.15) is 5.82 Å². The lowest BCUT2D eigenvalue weighted by atomic mass is 10.1. The fraction of sp³-hybridized carbons (Fsp3) is 0.423. The molecule has 178 valence electrons. The number of aromatic nitrogens is 2. The van der Waals surface area contributed by atoms with Gasteiger partial charge in [0.15, 0.2) is 0 Å². The molecule has 2 saturated heterocycles. The molecule has 0 bridgehead atoms. The zero-order chi connectivity index (χ0) is 23.7. The number of nitrogens with zero attached hydrogens (tertiary/aromatic N) is 5. The number of hydrogen-bond donors (Lipinski definition) is 0. The molecular weight excluding hydrogens is 450 g/mol. The van der Waals surface area contributed by atoms with E-state index in [-0.39, 0.29) is 11.8 Å². The smallest absolute Gasteiger partial charge is 0.253 e. The van der Waals surface area contributed by atoms with Crippen LogP contribution in [0.25, 0.3) is 11.0 Å². The van der Waals surface area contributed by atoms with Crippen molar-refractivity contribution in [1.29, 1.82) is 0 Å². The summed E-state index contributed by atoms with van der Waals surface area (Å²) in [5.74, 6) is 1.23. The number of hydrogen-bond acceptors (Lipinski definition) is 4. The number of fused-ring (bicyclic) bond motifs is 1. The second-order valence-corrected chi connectivity index (χ2v) is 9.69. The molecule has 2 aliphatic heterocycles. The number of likely N-dealkylation sites (tertiary alicyclic amines) is 1. The van der Waals surface area contributed by atoms with Gasteiger partial charge in [0, 0.05) is 56.9 Å². The Kier molecular flexibility index (Phi) is 6.57. The maximum atomic E-state index is 12.8. The van der Waals surface area contributed by atoms with Crippen molar-refractivity contribution in [2.45, 2.75) is 25.8 Å². The molecule has 0 aliphatic carbocycles. The Labute approximate surface area is 204 Å². The first-order valence-corrected chi connectivity index (χ1v) is 12.3. The lowest BCUT2D eigenvalue weighted by molar-refractivity contribution is -0.132. The maximum absolute atomic E-state index is 12.8. The normalized spacial score (nSPS) is 17.0. The summed E-state index contributed by atoms with van der Waals surface area (Å²) in [5, 5.41) is 0.682. The Morgan fingerprint density at radius 2 is 1.62 bits per heavy atom. The van der Waals surface area contributed by atoms with E-state index >= 15 is 0 Å². The molecule has 2 amide bonds. The van der Waals surface area contributed by atoms with Gasteiger partial charge in [-0.3, -0.25) is 14.5 Å². The summed E-state index contributed by atoms with van der Waals surface area (Å²) >= 11 is 5.94. The summed E-state index contributed by atoms with van der Waals surface area (Å²) in [4.78, 5) is 36.5. The third-order valence-electron chi connectivity index (χ3n) is 6.97. The molecule has 0 unspecified atom stereocenters. The first kappa shape index (κ1) is 22.9. The van der Waals surface area contributed by atoms with E-state index < -0.39 is 0 Å². The van der Waals surface area contributed by atoms with E-state index in [2.05, 4.69) is 9.47 Å².